The van der Waals surface area contributed by atoms with Crippen molar-refractivity contribution in [3.8, 4) is 0 Å². The fraction of sp³-hybridized carbons (Fsp3) is 0.316. The third-order valence-electron chi connectivity index (χ3n) is 3.87. The summed E-state index contributed by atoms with van der Waals surface area (Å²) >= 11 is 0. The molecule has 2 rings (SSSR count). The van der Waals surface area contributed by atoms with E-state index in [1.807, 2.05) is 39.8 Å². The molecule has 0 saturated carbocycles. The van der Waals surface area contributed by atoms with Crippen LogP contribution in [-0.4, -0.2) is 20.7 Å². The normalized spacial score (nSPS) is 11.5. The van der Waals surface area contributed by atoms with Gasteiger partial charge in [0.1, 0.15) is 0 Å². The van der Waals surface area contributed by atoms with Gasteiger partial charge in [-0.1, -0.05) is 36.8 Å². The Balaban J connectivity index is 2.57. The molecule has 0 aliphatic carbocycles. The summed E-state index contributed by atoms with van der Waals surface area (Å²) < 4.78 is 27.5. The highest BCUT2D eigenvalue weighted by molar-refractivity contribution is 7.89. The number of aryl methyl sites for hydroxylation is 3. The summed E-state index contributed by atoms with van der Waals surface area (Å²) in [5.41, 5.74) is 3.56. The first-order valence-corrected chi connectivity index (χ1v) is 9.47. The Hall–Kier alpha value is -1.98. The zero-order valence-electron chi connectivity index (χ0n) is 14.5. The molecule has 1 N–H and O–H groups in total. The van der Waals surface area contributed by atoms with Gasteiger partial charge in [-0.3, -0.25) is 4.79 Å². The quantitative estimate of drug-likeness (QED) is 0.815. The van der Waals surface area contributed by atoms with Crippen LogP contribution in [0.15, 0.2) is 41.3 Å². The molecule has 0 amide bonds. The summed E-state index contributed by atoms with van der Waals surface area (Å²) in [5, 5.41) is 0. The molecule has 0 aliphatic heterocycles. The molecule has 0 atom stereocenters. The second-order valence-corrected chi connectivity index (χ2v) is 7.73. The van der Waals surface area contributed by atoms with Crippen molar-refractivity contribution in [2.45, 2.75) is 39.0 Å². The van der Waals surface area contributed by atoms with Crippen molar-refractivity contribution in [1.82, 2.24) is 4.72 Å². The first kappa shape index (κ1) is 18.4. The predicted molar refractivity (Wildman–Crippen MR) is 96.0 cm³/mol. The minimum absolute atomic E-state index is 0.0304. The molecule has 0 radical (unpaired) electrons. The number of carbonyl (C=O) groups excluding carboxylic acids is 1. The van der Waals surface area contributed by atoms with E-state index in [0.29, 0.717) is 18.5 Å². The molecule has 2 aromatic carbocycles. The van der Waals surface area contributed by atoms with Crippen LogP contribution in [-0.2, 0) is 10.0 Å². The maximum atomic E-state index is 13.0. The maximum absolute atomic E-state index is 13.0. The van der Waals surface area contributed by atoms with Gasteiger partial charge in [-0.25, -0.2) is 13.1 Å². The third kappa shape index (κ3) is 3.74. The fourth-order valence-corrected chi connectivity index (χ4v) is 4.21. The van der Waals surface area contributed by atoms with E-state index in [0.717, 1.165) is 16.7 Å². The Labute approximate surface area is 144 Å². The van der Waals surface area contributed by atoms with Crippen molar-refractivity contribution in [3.63, 3.8) is 0 Å². The minimum atomic E-state index is -3.71. The van der Waals surface area contributed by atoms with Gasteiger partial charge in [0.25, 0.3) is 0 Å². The SMILES string of the molecule is CCCNS(=O)(=O)c1ccccc1C(=O)c1c(C)cc(C)cc1C. The van der Waals surface area contributed by atoms with Gasteiger partial charge >= 0.3 is 0 Å². The molecule has 0 fully saturated rings. The number of rotatable bonds is 6. The highest BCUT2D eigenvalue weighted by Crippen LogP contribution is 2.24. The van der Waals surface area contributed by atoms with Crippen molar-refractivity contribution in [1.29, 1.82) is 0 Å². The number of ketones is 1. The molecule has 0 heterocycles. The van der Waals surface area contributed by atoms with Crippen molar-refractivity contribution in [2.24, 2.45) is 0 Å². The van der Waals surface area contributed by atoms with Crippen molar-refractivity contribution < 1.29 is 13.2 Å². The molecule has 0 aliphatic rings. The molecule has 0 unspecified atom stereocenters. The van der Waals surface area contributed by atoms with Crippen molar-refractivity contribution in [3.05, 3.63) is 64.2 Å². The number of hydrogen-bond donors (Lipinski definition) is 1. The van der Waals surface area contributed by atoms with Crippen LogP contribution in [0.4, 0.5) is 0 Å². The smallest absolute Gasteiger partial charge is 0.241 e. The van der Waals surface area contributed by atoms with Crippen LogP contribution in [0, 0.1) is 20.8 Å². The van der Waals surface area contributed by atoms with Crippen LogP contribution in [0.1, 0.15) is 46.0 Å². The van der Waals surface area contributed by atoms with Gasteiger partial charge in [0.2, 0.25) is 10.0 Å². The zero-order chi connectivity index (χ0) is 17.9. The van der Waals surface area contributed by atoms with E-state index >= 15 is 0 Å². The largest absolute Gasteiger partial charge is 0.289 e. The lowest BCUT2D eigenvalue weighted by Gasteiger charge is -2.14. The summed E-state index contributed by atoms with van der Waals surface area (Å²) in [4.78, 5) is 13.1. The van der Waals surface area contributed by atoms with Crippen LogP contribution in [0.2, 0.25) is 0 Å². The van der Waals surface area contributed by atoms with Crippen LogP contribution >= 0.6 is 0 Å². The average molecular weight is 345 g/mol. The van der Waals surface area contributed by atoms with Crippen LogP contribution in [0.3, 0.4) is 0 Å². The van der Waals surface area contributed by atoms with Crippen molar-refractivity contribution in [2.75, 3.05) is 6.54 Å². The van der Waals surface area contributed by atoms with Gasteiger partial charge in [0.15, 0.2) is 5.78 Å². The molecule has 0 bridgehead atoms. The van der Waals surface area contributed by atoms with Crippen LogP contribution in [0.25, 0.3) is 0 Å². The lowest BCUT2D eigenvalue weighted by Crippen LogP contribution is -2.26. The molecule has 24 heavy (non-hydrogen) atoms. The number of nitrogens with one attached hydrogen (secondary N) is 1. The summed E-state index contributed by atoms with van der Waals surface area (Å²) in [6, 6.07) is 10.2. The average Bonchev–Trinajstić information content (AvgIpc) is 2.52. The number of benzene rings is 2. The topological polar surface area (TPSA) is 63.2 Å². The lowest BCUT2D eigenvalue weighted by molar-refractivity contribution is 0.103. The second-order valence-electron chi connectivity index (χ2n) is 6.00. The van der Waals surface area contributed by atoms with Gasteiger partial charge in [0, 0.05) is 17.7 Å². The Morgan fingerprint density at radius 2 is 1.62 bits per heavy atom. The second kappa shape index (κ2) is 7.28. The van der Waals surface area contributed by atoms with Crippen molar-refractivity contribution >= 4 is 15.8 Å². The van der Waals surface area contributed by atoms with Crippen LogP contribution in [0.5, 0.6) is 0 Å². The molecular formula is C19H23NO3S. The summed E-state index contributed by atoms with van der Waals surface area (Å²) in [7, 11) is -3.71. The monoisotopic (exact) mass is 345 g/mol. The lowest BCUT2D eigenvalue weighted by atomic mass is 9.93. The molecule has 2 aromatic rings. The molecular weight excluding hydrogens is 322 g/mol. The number of sulfonamides is 1. The highest BCUT2D eigenvalue weighted by Gasteiger charge is 2.24. The van der Waals surface area contributed by atoms with Gasteiger partial charge < -0.3 is 0 Å². The molecule has 5 heteroatoms. The zero-order valence-corrected chi connectivity index (χ0v) is 15.3. The number of hydrogen-bond acceptors (Lipinski definition) is 3. The standard InChI is InChI=1S/C19H23NO3S/c1-5-10-20-24(22,23)17-9-7-6-8-16(17)19(21)18-14(3)11-13(2)12-15(18)4/h6-9,11-12,20H,5,10H2,1-4H3. The fourth-order valence-electron chi connectivity index (χ4n) is 2.88. The Kier molecular flexibility index (Phi) is 5.57. The van der Waals surface area contributed by atoms with E-state index < -0.39 is 10.0 Å². The van der Waals surface area contributed by atoms with Gasteiger partial charge in [-0.2, -0.15) is 0 Å². The van der Waals surface area contributed by atoms with Gasteiger partial charge in [-0.05, 0) is 50.5 Å². The van der Waals surface area contributed by atoms with E-state index in [4.69, 9.17) is 0 Å². The Morgan fingerprint density at radius 1 is 1.04 bits per heavy atom. The summed E-state index contributed by atoms with van der Waals surface area (Å²) in [6.45, 7) is 7.95. The highest BCUT2D eigenvalue weighted by atomic mass is 32.2. The third-order valence-corrected chi connectivity index (χ3v) is 5.39. The Bertz CT molecular complexity index is 847. The maximum Gasteiger partial charge on any atom is 0.241 e. The predicted octanol–water partition coefficient (Wildman–Crippen LogP) is 3.53. The first-order chi connectivity index (χ1) is 11.3. The molecule has 0 aromatic heterocycles. The van der Waals surface area contributed by atoms with Gasteiger partial charge in [-0.15, -0.1) is 0 Å². The summed E-state index contributed by atoms with van der Waals surface area (Å²) in [6.07, 6.45) is 0.686. The summed E-state index contributed by atoms with van der Waals surface area (Å²) in [5.74, 6) is -0.262. The van der Waals surface area contributed by atoms with E-state index in [-0.39, 0.29) is 16.2 Å². The van der Waals surface area contributed by atoms with Crippen LogP contribution < -0.4 is 4.72 Å². The first-order valence-electron chi connectivity index (χ1n) is 7.99. The number of carbonyl (C=O) groups is 1. The van der Waals surface area contributed by atoms with E-state index in [1.165, 1.54) is 6.07 Å². The minimum Gasteiger partial charge on any atom is -0.289 e. The van der Waals surface area contributed by atoms with E-state index in [1.54, 1.807) is 18.2 Å². The van der Waals surface area contributed by atoms with E-state index in [2.05, 4.69) is 4.72 Å². The molecule has 4 nitrogen and oxygen atoms in total. The van der Waals surface area contributed by atoms with Gasteiger partial charge in [0.05, 0.1) is 4.90 Å². The molecule has 0 spiro atoms. The molecule has 128 valence electrons. The van der Waals surface area contributed by atoms with E-state index in [9.17, 15) is 13.2 Å². The molecule has 0 saturated heterocycles. The Morgan fingerprint density at radius 3 is 2.21 bits per heavy atom.